The molecule has 0 radical (unpaired) electrons. The summed E-state index contributed by atoms with van der Waals surface area (Å²) in [6, 6.07) is 5.77. The van der Waals surface area contributed by atoms with Gasteiger partial charge >= 0.3 is 5.69 Å². The van der Waals surface area contributed by atoms with E-state index in [1.54, 1.807) is 28.3 Å². The highest BCUT2D eigenvalue weighted by Crippen LogP contribution is 2.18. The van der Waals surface area contributed by atoms with Crippen LogP contribution >= 0.6 is 11.3 Å². The predicted molar refractivity (Wildman–Crippen MR) is 102 cm³/mol. The van der Waals surface area contributed by atoms with E-state index in [0.29, 0.717) is 38.9 Å². The lowest BCUT2D eigenvalue weighted by Crippen LogP contribution is -2.31. The van der Waals surface area contributed by atoms with Crippen molar-refractivity contribution in [2.45, 2.75) is 38.9 Å². The summed E-state index contributed by atoms with van der Waals surface area (Å²) in [5.41, 5.74) is 2.00. The second-order valence-corrected chi connectivity index (χ2v) is 7.52. The van der Waals surface area contributed by atoms with Crippen molar-refractivity contribution in [1.29, 1.82) is 0 Å². The lowest BCUT2D eigenvalue weighted by atomic mass is 9.99. The number of hydrogen-bond donors (Lipinski definition) is 1. The molecule has 1 aliphatic rings. The summed E-state index contributed by atoms with van der Waals surface area (Å²) in [6.07, 6.45) is 5.42. The van der Waals surface area contributed by atoms with Crippen molar-refractivity contribution in [3.8, 4) is 0 Å². The van der Waals surface area contributed by atoms with E-state index in [2.05, 4.69) is 15.4 Å². The second kappa shape index (κ2) is 7.87. The highest BCUT2D eigenvalue weighted by atomic mass is 32.1. The molecule has 1 aliphatic heterocycles. The summed E-state index contributed by atoms with van der Waals surface area (Å²) in [5.74, 6) is 0.740. The molecule has 0 aliphatic carbocycles. The maximum atomic E-state index is 12.7. The molecule has 0 aromatic carbocycles. The van der Waals surface area contributed by atoms with Gasteiger partial charge in [0.15, 0.2) is 0 Å². The Kier molecular flexibility index (Phi) is 5.15. The van der Waals surface area contributed by atoms with Gasteiger partial charge < -0.3 is 5.32 Å². The third kappa shape index (κ3) is 4.00. The molecule has 3 aromatic heterocycles. The second-order valence-electron chi connectivity index (χ2n) is 6.74. The molecule has 1 atom stereocenters. The van der Waals surface area contributed by atoms with E-state index in [0.717, 1.165) is 17.0 Å². The van der Waals surface area contributed by atoms with Crippen molar-refractivity contribution in [2.75, 3.05) is 0 Å². The monoisotopic (exact) mass is 383 g/mol. The van der Waals surface area contributed by atoms with Crippen molar-refractivity contribution in [2.24, 2.45) is 5.92 Å². The van der Waals surface area contributed by atoms with Gasteiger partial charge in [0.25, 0.3) is 0 Å². The normalized spacial score (nSPS) is 16.5. The minimum Gasteiger partial charge on any atom is -0.352 e. The van der Waals surface area contributed by atoms with E-state index in [9.17, 15) is 9.59 Å². The number of carbonyl (C=O) groups is 1. The number of amides is 1. The van der Waals surface area contributed by atoms with Crippen molar-refractivity contribution in [3.05, 3.63) is 68.8 Å². The number of pyridine rings is 1. The van der Waals surface area contributed by atoms with Crippen molar-refractivity contribution in [3.63, 3.8) is 0 Å². The van der Waals surface area contributed by atoms with Gasteiger partial charge in [0.1, 0.15) is 5.82 Å². The summed E-state index contributed by atoms with van der Waals surface area (Å²) in [4.78, 5) is 29.2. The van der Waals surface area contributed by atoms with Crippen molar-refractivity contribution in [1.82, 2.24) is 24.6 Å². The van der Waals surface area contributed by atoms with Gasteiger partial charge in [-0.15, -0.1) is 0 Å². The number of aromatic nitrogens is 4. The van der Waals surface area contributed by atoms with Crippen LogP contribution in [0.3, 0.4) is 0 Å². The minimum atomic E-state index is -0.110. The van der Waals surface area contributed by atoms with Crippen LogP contribution in [-0.4, -0.2) is 25.2 Å². The molecule has 1 unspecified atom stereocenters. The molecule has 0 saturated heterocycles. The van der Waals surface area contributed by atoms with Crippen LogP contribution in [0.1, 0.15) is 29.8 Å². The SMILES string of the molecule is O=C(NCc1ccsc1)C1CCc2nn(Cc3ccncc3)c(=O)n2CC1. The zero-order valence-corrected chi connectivity index (χ0v) is 15.7. The zero-order chi connectivity index (χ0) is 18.6. The van der Waals surface area contributed by atoms with E-state index < -0.39 is 0 Å². The topological polar surface area (TPSA) is 81.8 Å². The Morgan fingerprint density at radius 1 is 1.22 bits per heavy atom. The molecule has 4 rings (SSSR count). The minimum absolute atomic E-state index is 0.0593. The lowest BCUT2D eigenvalue weighted by Gasteiger charge is -2.13. The predicted octanol–water partition coefficient (Wildman–Crippen LogP) is 1.82. The lowest BCUT2D eigenvalue weighted by molar-refractivity contribution is -0.125. The van der Waals surface area contributed by atoms with Gasteiger partial charge in [-0.1, -0.05) is 0 Å². The molecule has 140 valence electrons. The standard InChI is InChI=1S/C19H21N5O2S/c25-18(21-11-15-6-10-27-13-15)16-1-2-17-22-24(19(26)23(17)9-5-16)12-14-3-7-20-8-4-14/h3-4,6-8,10,13,16H,1-2,5,9,11-12H2,(H,21,25). The molecule has 4 heterocycles. The molecular weight excluding hydrogens is 362 g/mol. The summed E-state index contributed by atoms with van der Waals surface area (Å²) >= 11 is 1.62. The maximum Gasteiger partial charge on any atom is 0.346 e. The van der Waals surface area contributed by atoms with Gasteiger partial charge in [-0.3, -0.25) is 14.3 Å². The van der Waals surface area contributed by atoms with E-state index in [4.69, 9.17) is 0 Å². The zero-order valence-electron chi connectivity index (χ0n) is 14.9. The number of hydrogen-bond acceptors (Lipinski definition) is 5. The van der Waals surface area contributed by atoms with Crippen LogP contribution in [0.4, 0.5) is 0 Å². The summed E-state index contributed by atoms with van der Waals surface area (Å²) in [5, 5.41) is 11.6. The molecule has 0 bridgehead atoms. The molecule has 1 amide bonds. The maximum absolute atomic E-state index is 12.7. The van der Waals surface area contributed by atoms with E-state index in [-0.39, 0.29) is 17.5 Å². The summed E-state index contributed by atoms with van der Waals surface area (Å²) < 4.78 is 3.22. The summed E-state index contributed by atoms with van der Waals surface area (Å²) in [6.45, 7) is 1.52. The fourth-order valence-corrected chi connectivity index (χ4v) is 4.05. The van der Waals surface area contributed by atoms with Crippen LogP contribution in [0.15, 0.2) is 46.1 Å². The first-order valence-electron chi connectivity index (χ1n) is 9.05. The van der Waals surface area contributed by atoms with E-state index in [1.807, 2.05) is 29.0 Å². The third-order valence-corrected chi connectivity index (χ3v) is 5.65. The Balaban J connectivity index is 1.40. The number of carbonyl (C=O) groups excluding carboxylic acids is 1. The molecule has 0 spiro atoms. The number of aryl methyl sites for hydroxylation is 1. The summed E-state index contributed by atoms with van der Waals surface area (Å²) in [7, 11) is 0. The van der Waals surface area contributed by atoms with Crippen LogP contribution in [0, 0.1) is 5.92 Å². The van der Waals surface area contributed by atoms with Crippen LogP contribution in [-0.2, 0) is 30.8 Å². The van der Waals surface area contributed by atoms with Gasteiger partial charge in [0, 0.05) is 37.8 Å². The van der Waals surface area contributed by atoms with Crippen molar-refractivity contribution < 1.29 is 4.79 Å². The van der Waals surface area contributed by atoms with Gasteiger partial charge in [-0.2, -0.15) is 16.4 Å². The van der Waals surface area contributed by atoms with E-state index >= 15 is 0 Å². The highest BCUT2D eigenvalue weighted by Gasteiger charge is 2.25. The number of rotatable bonds is 5. The Hall–Kier alpha value is -2.74. The third-order valence-electron chi connectivity index (χ3n) is 4.92. The first-order chi connectivity index (χ1) is 13.2. The molecule has 1 N–H and O–H groups in total. The molecule has 0 saturated carbocycles. The molecule has 8 heteroatoms. The number of nitrogens with one attached hydrogen (secondary N) is 1. The van der Waals surface area contributed by atoms with Crippen LogP contribution in [0.25, 0.3) is 0 Å². The largest absolute Gasteiger partial charge is 0.352 e. The smallest absolute Gasteiger partial charge is 0.346 e. The van der Waals surface area contributed by atoms with Crippen LogP contribution in [0.2, 0.25) is 0 Å². The Labute approximate surface area is 160 Å². The Morgan fingerprint density at radius 3 is 2.85 bits per heavy atom. The number of thiophene rings is 1. The molecule has 7 nitrogen and oxygen atoms in total. The Morgan fingerprint density at radius 2 is 2.07 bits per heavy atom. The number of nitrogens with zero attached hydrogens (tertiary/aromatic N) is 4. The molecule has 0 fully saturated rings. The highest BCUT2D eigenvalue weighted by molar-refractivity contribution is 7.07. The van der Waals surface area contributed by atoms with Gasteiger partial charge in [-0.05, 0) is 52.9 Å². The van der Waals surface area contributed by atoms with Crippen molar-refractivity contribution >= 4 is 17.2 Å². The molecule has 27 heavy (non-hydrogen) atoms. The average molecular weight is 383 g/mol. The van der Waals surface area contributed by atoms with Crippen LogP contribution in [0.5, 0.6) is 0 Å². The fraction of sp³-hybridized carbons (Fsp3) is 0.368. The fourth-order valence-electron chi connectivity index (χ4n) is 3.38. The number of fused-ring (bicyclic) bond motifs is 1. The molecular formula is C19H21N5O2S. The van der Waals surface area contributed by atoms with Gasteiger partial charge in [0.2, 0.25) is 5.91 Å². The Bertz CT molecular complexity index is 962. The first kappa shape index (κ1) is 17.7. The van der Waals surface area contributed by atoms with E-state index in [1.165, 1.54) is 4.68 Å². The molecule has 3 aromatic rings. The van der Waals surface area contributed by atoms with Gasteiger partial charge in [0.05, 0.1) is 6.54 Å². The average Bonchev–Trinajstić information content (AvgIpc) is 3.24. The van der Waals surface area contributed by atoms with Crippen LogP contribution < -0.4 is 11.0 Å². The van der Waals surface area contributed by atoms with Gasteiger partial charge in [-0.25, -0.2) is 9.48 Å². The quantitative estimate of drug-likeness (QED) is 0.729. The first-order valence-corrected chi connectivity index (χ1v) is 9.99.